The molecule has 0 saturated heterocycles. The number of hydrogen-bond acceptors (Lipinski definition) is 2. The first-order valence-corrected chi connectivity index (χ1v) is 8.28. The van der Waals surface area contributed by atoms with Gasteiger partial charge in [0.1, 0.15) is 17.6 Å². The van der Waals surface area contributed by atoms with Crippen molar-refractivity contribution < 1.29 is 9.84 Å². The van der Waals surface area contributed by atoms with Crippen molar-refractivity contribution in [2.75, 3.05) is 0 Å². The number of hydrogen-bond donors (Lipinski definition) is 1. The van der Waals surface area contributed by atoms with Crippen LogP contribution in [0.5, 0.6) is 11.5 Å². The molecular weight excluding hydrogens is 328 g/mol. The molecule has 1 aliphatic carbocycles. The van der Waals surface area contributed by atoms with Crippen LogP contribution in [0.3, 0.4) is 0 Å². The zero-order chi connectivity index (χ0) is 14.4. The predicted molar refractivity (Wildman–Crippen MR) is 85.9 cm³/mol. The van der Waals surface area contributed by atoms with Crippen LogP contribution in [0, 0.1) is 0 Å². The SMILES string of the molecule is Oc1ccc(C2CCc3cc(Br)ccc3O2)c(C2CC2)c1. The molecule has 0 radical (unpaired) electrons. The molecule has 1 saturated carbocycles. The van der Waals surface area contributed by atoms with Crippen LogP contribution in [0.15, 0.2) is 40.9 Å². The van der Waals surface area contributed by atoms with Gasteiger partial charge in [-0.1, -0.05) is 22.0 Å². The lowest BCUT2D eigenvalue weighted by Gasteiger charge is -2.28. The molecular formula is C18H17BrO2. The third-order valence-electron chi connectivity index (χ3n) is 4.40. The molecule has 0 amide bonds. The van der Waals surface area contributed by atoms with Crippen LogP contribution in [0.4, 0.5) is 0 Å². The quantitative estimate of drug-likeness (QED) is 0.821. The minimum atomic E-state index is 0.106. The number of aryl methyl sites for hydroxylation is 1. The van der Waals surface area contributed by atoms with E-state index in [0.29, 0.717) is 11.7 Å². The molecule has 1 aliphatic heterocycles. The van der Waals surface area contributed by atoms with Crippen LogP contribution < -0.4 is 4.74 Å². The van der Waals surface area contributed by atoms with Crippen LogP contribution in [-0.4, -0.2) is 5.11 Å². The highest BCUT2D eigenvalue weighted by atomic mass is 79.9. The highest BCUT2D eigenvalue weighted by Crippen LogP contribution is 2.46. The minimum absolute atomic E-state index is 0.106. The number of phenolic OH excluding ortho intramolecular Hbond substituents is 1. The Bertz CT molecular complexity index is 692. The van der Waals surface area contributed by atoms with Crippen LogP contribution in [0.1, 0.15) is 48.0 Å². The number of rotatable bonds is 2. The van der Waals surface area contributed by atoms with Crippen molar-refractivity contribution in [3.8, 4) is 11.5 Å². The van der Waals surface area contributed by atoms with Crippen molar-refractivity contribution in [1.29, 1.82) is 0 Å². The van der Waals surface area contributed by atoms with Gasteiger partial charge in [0, 0.05) is 4.47 Å². The smallest absolute Gasteiger partial charge is 0.124 e. The third-order valence-corrected chi connectivity index (χ3v) is 4.90. The second-order valence-corrected chi connectivity index (χ2v) is 6.90. The van der Waals surface area contributed by atoms with Crippen molar-refractivity contribution in [3.63, 3.8) is 0 Å². The van der Waals surface area contributed by atoms with Gasteiger partial charge in [-0.2, -0.15) is 0 Å². The summed E-state index contributed by atoms with van der Waals surface area (Å²) in [5.41, 5.74) is 3.80. The van der Waals surface area contributed by atoms with Crippen molar-refractivity contribution in [2.24, 2.45) is 0 Å². The van der Waals surface area contributed by atoms with E-state index in [9.17, 15) is 5.11 Å². The van der Waals surface area contributed by atoms with E-state index in [1.165, 1.54) is 29.5 Å². The van der Waals surface area contributed by atoms with E-state index in [0.717, 1.165) is 23.1 Å². The average molecular weight is 345 g/mol. The molecule has 2 aromatic carbocycles. The summed E-state index contributed by atoms with van der Waals surface area (Å²) < 4.78 is 7.33. The van der Waals surface area contributed by atoms with Crippen molar-refractivity contribution >= 4 is 15.9 Å². The van der Waals surface area contributed by atoms with E-state index in [1.807, 2.05) is 24.3 Å². The zero-order valence-electron chi connectivity index (χ0n) is 11.7. The lowest BCUT2D eigenvalue weighted by molar-refractivity contribution is 0.175. The Morgan fingerprint density at radius 3 is 2.67 bits per heavy atom. The Kier molecular flexibility index (Phi) is 3.18. The van der Waals surface area contributed by atoms with Crippen LogP contribution >= 0.6 is 15.9 Å². The highest BCUT2D eigenvalue weighted by molar-refractivity contribution is 9.10. The van der Waals surface area contributed by atoms with E-state index in [1.54, 1.807) is 6.07 Å². The van der Waals surface area contributed by atoms with Gasteiger partial charge >= 0.3 is 0 Å². The summed E-state index contributed by atoms with van der Waals surface area (Å²) >= 11 is 3.51. The van der Waals surface area contributed by atoms with Crippen molar-refractivity contribution in [2.45, 2.75) is 37.7 Å². The summed E-state index contributed by atoms with van der Waals surface area (Å²) in [7, 11) is 0. The number of fused-ring (bicyclic) bond motifs is 1. The van der Waals surface area contributed by atoms with E-state index >= 15 is 0 Å². The monoisotopic (exact) mass is 344 g/mol. The second-order valence-electron chi connectivity index (χ2n) is 5.98. The molecule has 0 spiro atoms. The van der Waals surface area contributed by atoms with Gasteiger partial charge < -0.3 is 9.84 Å². The van der Waals surface area contributed by atoms with Gasteiger partial charge in [-0.25, -0.2) is 0 Å². The standard InChI is InChI=1S/C18H17BrO2/c19-13-4-8-17-12(9-13)3-7-18(21-17)15-6-5-14(20)10-16(15)11-1-2-11/h4-6,8-11,18,20H,1-3,7H2. The van der Waals surface area contributed by atoms with Gasteiger partial charge in [0.25, 0.3) is 0 Å². The molecule has 1 N–H and O–H groups in total. The largest absolute Gasteiger partial charge is 0.508 e. The molecule has 2 aromatic rings. The topological polar surface area (TPSA) is 29.5 Å². The van der Waals surface area contributed by atoms with Crippen molar-refractivity contribution in [3.05, 3.63) is 57.6 Å². The molecule has 0 aromatic heterocycles. The van der Waals surface area contributed by atoms with Gasteiger partial charge in [0.05, 0.1) is 0 Å². The first-order chi connectivity index (χ1) is 10.2. The maximum atomic E-state index is 9.75. The summed E-state index contributed by atoms with van der Waals surface area (Å²) in [6.07, 6.45) is 4.59. The first-order valence-electron chi connectivity index (χ1n) is 7.48. The van der Waals surface area contributed by atoms with Gasteiger partial charge in [0.2, 0.25) is 0 Å². The van der Waals surface area contributed by atoms with Gasteiger partial charge in [-0.05, 0) is 78.6 Å². The second kappa shape index (κ2) is 5.06. The molecule has 1 unspecified atom stereocenters. The summed E-state index contributed by atoms with van der Waals surface area (Å²) in [5.74, 6) is 1.96. The molecule has 1 fully saturated rings. The number of phenols is 1. The number of halogens is 1. The van der Waals surface area contributed by atoms with Gasteiger partial charge in [-0.15, -0.1) is 0 Å². The summed E-state index contributed by atoms with van der Waals surface area (Å²) in [5, 5.41) is 9.75. The van der Waals surface area contributed by atoms with E-state index in [4.69, 9.17) is 4.74 Å². The maximum Gasteiger partial charge on any atom is 0.124 e. The fraction of sp³-hybridized carbons (Fsp3) is 0.333. The zero-order valence-corrected chi connectivity index (χ0v) is 13.3. The van der Waals surface area contributed by atoms with E-state index in [2.05, 4.69) is 22.0 Å². The van der Waals surface area contributed by atoms with Crippen LogP contribution in [0.2, 0.25) is 0 Å². The summed E-state index contributed by atoms with van der Waals surface area (Å²) in [6, 6.07) is 12.0. The summed E-state index contributed by atoms with van der Waals surface area (Å²) in [4.78, 5) is 0. The van der Waals surface area contributed by atoms with Crippen molar-refractivity contribution in [1.82, 2.24) is 0 Å². The molecule has 0 bridgehead atoms. The minimum Gasteiger partial charge on any atom is -0.508 e. The van der Waals surface area contributed by atoms with Crippen LogP contribution in [-0.2, 0) is 6.42 Å². The van der Waals surface area contributed by atoms with E-state index in [-0.39, 0.29) is 6.10 Å². The van der Waals surface area contributed by atoms with Gasteiger partial charge in [0.15, 0.2) is 0 Å². The number of benzene rings is 2. The summed E-state index contributed by atoms with van der Waals surface area (Å²) in [6.45, 7) is 0. The first kappa shape index (κ1) is 13.2. The lowest BCUT2D eigenvalue weighted by Crippen LogP contribution is -2.16. The maximum absolute atomic E-state index is 9.75. The molecule has 2 nitrogen and oxygen atoms in total. The lowest BCUT2D eigenvalue weighted by atomic mass is 9.92. The Labute approximate surface area is 132 Å². The Balaban J connectivity index is 1.68. The highest BCUT2D eigenvalue weighted by Gasteiger charge is 2.31. The molecule has 3 heteroatoms. The normalized spacial score (nSPS) is 20.7. The number of aromatic hydroxyl groups is 1. The fourth-order valence-corrected chi connectivity index (χ4v) is 3.59. The molecule has 2 aliphatic rings. The molecule has 1 heterocycles. The van der Waals surface area contributed by atoms with Crippen LogP contribution in [0.25, 0.3) is 0 Å². The Morgan fingerprint density at radius 1 is 1.00 bits per heavy atom. The Morgan fingerprint density at radius 2 is 1.86 bits per heavy atom. The molecule has 4 rings (SSSR count). The molecule has 108 valence electrons. The fourth-order valence-electron chi connectivity index (χ4n) is 3.18. The predicted octanol–water partition coefficient (Wildman–Crippen LogP) is 5.10. The Hall–Kier alpha value is -1.48. The van der Waals surface area contributed by atoms with E-state index < -0.39 is 0 Å². The molecule has 21 heavy (non-hydrogen) atoms. The third kappa shape index (κ3) is 2.55. The average Bonchev–Trinajstić information content (AvgIpc) is 3.31. The molecule has 1 atom stereocenters. The van der Waals surface area contributed by atoms with Gasteiger partial charge in [-0.3, -0.25) is 0 Å². The number of ether oxygens (including phenoxy) is 1.